The van der Waals surface area contributed by atoms with Crippen LogP contribution in [0.15, 0.2) is 40.6 Å². The Labute approximate surface area is 151 Å². The number of hydrogen-bond donors (Lipinski definition) is 1. The van der Waals surface area contributed by atoms with Crippen LogP contribution in [0.3, 0.4) is 0 Å². The lowest BCUT2D eigenvalue weighted by Crippen LogP contribution is -2.46. The molecule has 0 spiro atoms. The summed E-state index contributed by atoms with van der Waals surface area (Å²) >= 11 is 1.55. The number of carbonyl (C=O) groups is 1. The summed E-state index contributed by atoms with van der Waals surface area (Å²) < 4.78 is 23.5. The number of sulfone groups is 1. The van der Waals surface area contributed by atoms with Crippen LogP contribution in [0, 0.1) is 5.41 Å². The van der Waals surface area contributed by atoms with Crippen molar-refractivity contribution in [1.29, 1.82) is 5.41 Å². The van der Waals surface area contributed by atoms with E-state index in [1.165, 1.54) is 11.2 Å². The lowest BCUT2D eigenvalue weighted by molar-refractivity contribution is -0.128. The number of amidine groups is 1. The number of carbonyl (C=O) groups excluding carboxylic acids is 1. The van der Waals surface area contributed by atoms with Crippen LogP contribution in [0.25, 0.3) is 11.1 Å². The summed E-state index contributed by atoms with van der Waals surface area (Å²) in [5.41, 5.74) is 1.38. The molecule has 3 rings (SSSR count). The average Bonchev–Trinajstić information content (AvgIpc) is 3.03. The van der Waals surface area contributed by atoms with Crippen molar-refractivity contribution in [3.05, 3.63) is 40.6 Å². The first kappa shape index (κ1) is 17.8. The number of hydrogen-bond acceptors (Lipinski definition) is 5. The molecule has 1 N–H and O–H groups in total. The predicted molar refractivity (Wildman–Crippen MR) is 99.9 cm³/mol. The van der Waals surface area contributed by atoms with E-state index in [0.29, 0.717) is 23.6 Å². The fraction of sp³-hybridized carbons (Fsp3) is 0.333. The van der Waals surface area contributed by atoms with Crippen LogP contribution in [0.4, 0.5) is 0 Å². The second-order valence-electron chi connectivity index (χ2n) is 6.81. The van der Waals surface area contributed by atoms with Crippen molar-refractivity contribution in [3.8, 4) is 11.1 Å². The van der Waals surface area contributed by atoms with Crippen molar-refractivity contribution in [1.82, 2.24) is 4.90 Å². The summed E-state index contributed by atoms with van der Waals surface area (Å²) in [4.78, 5) is 14.9. The van der Waals surface area contributed by atoms with E-state index in [0.717, 1.165) is 16.0 Å². The third kappa shape index (κ3) is 3.39. The minimum Gasteiger partial charge on any atom is -0.304 e. The van der Waals surface area contributed by atoms with Crippen molar-refractivity contribution >= 4 is 32.9 Å². The Hall–Kier alpha value is -1.99. The van der Waals surface area contributed by atoms with E-state index < -0.39 is 15.3 Å². The molecule has 1 fully saturated rings. The maximum atomic E-state index is 12.1. The Balaban J connectivity index is 1.96. The number of nitrogens with one attached hydrogen (secondary N) is 1. The molecule has 1 atom stereocenters. The first-order chi connectivity index (χ1) is 11.6. The minimum absolute atomic E-state index is 0.0484. The van der Waals surface area contributed by atoms with Gasteiger partial charge in [-0.2, -0.15) is 0 Å². The van der Waals surface area contributed by atoms with E-state index in [4.69, 9.17) is 5.41 Å². The summed E-state index contributed by atoms with van der Waals surface area (Å²) in [6.45, 7) is 2.01. The van der Waals surface area contributed by atoms with Gasteiger partial charge in [0.2, 0.25) is 5.91 Å². The normalized spacial score (nSPS) is 21.6. The number of thiophene rings is 1. The molecule has 1 aromatic heterocycles. The third-order valence-electron chi connectivity index (χ3n) is 4.67. The van der Waals surface area contributed by atoms with Gasteiger partial charge in [-0.3, -0.25) is 10.2 Å². The van der Waals surface area contributed by atoms with Gasteiger partial charge in [0.25, 0.3) is 0 Å². The largest absolute Gasteiger partial charge is 0.304 e. The van der Waals surface area contributed by atoms with Gasteiger partial charge in [-0.1, -0.05) is 19.1 Å². The molecule has 1 aliphatic rings. The lowest BCUT2D eigenvalue weighted by Gasteiger charge is -2.36. The predicted octanol–water partition coefficient (Wildman–Crippen LogP) is 3.31. The third-order valence-corrected chi connectivity index (χ3v) is 7.01. The second kappa shape index (κ2) is 6.07. The summed E-state index contributed by atoms with van der Waals surface area (Å²) in [5, 5.41) is 10.0. The van der Waals surface area contributed by atoms with Crippen molar-refractivity contribution in [2.24, 2.45) is 0 Å². The highest BCUT2D eigenvalue weighted by Gasteiger charge is 2.39. The maximum absolute atomic E-state index is 12.1. The zero-order chi connectivity index (χ0) is 18.4. The van der Waals surface area contributed by atoms with Crippen molar-refractivity contribution in [2.45, 2.75) is 30.1 Å². The van der Waals surface area contributed by atoms with Gasteiger partial charge in [-0.25, -0.2) is 8.42 Å². The molecule has 1 saturated heterocycles. The zero-order valence-electron chi connectivity index (χ0n) is 14.4. The molecule has 7 heteroatoms. The molecule has 1 aliphatic heterocycles. The summed E-state index contributed by atoms with van der Waals surface area (Å²) in [5.74, 6) is 0.278. The number of rotatable bonds is 3. The van der Waals surface area contributed by atoms with E-state index in [9.17, 15) is 13.2 Å². The standard InChI is InChI=1S/C18H20N2O3S2/c1-18(9-16(19)20(2)17(21)10-18)15-8-13(11-24-15)12-5-4-6-14(7-12)25(3,22)23/h4-8,11,19H,9-10H2,1-3H3/t18-/m0/s1. The number of piperidine rings is 1. The molecule has 0 bridgehead atoms. The topological polar surface area (TPSA) is 78.3 Å². The van der Waals surface area contributed by atoms with Crippen LogP contribution in [-0.4, -0.2) is 38.4 Å². The molecule has 0 unspecified atom stereocenters. The highest BCUT2D eigenvalue weighted by atomic mass is 32.2. The molecule has 0 saturated carbocycles. The van der Waals surface area contributed by atoms with Crippen molar-refractivity contribution in [3.63, 3.8) is 0 Å². The first-order valence-electron chi connectivity index (χ1n) is 7.84. The average molecular weight is 377 g/mol. The van der Waals surface area contributed by atoms with Crippen LogP contribution in [0.5, 0.6) is 0 Å². The van der Waals surface area contributed by atoms with Crippen LogP contribution in [0.2, 0.25) is 0 Å². The van der Waals surface area contributed by atoms with Crippen LogP contribution in [-0.2, 0) is 20.0 Å². The molecule has 0 radical (unpaired) electrons. The highest BCUT2D eigenvalue weighted by Crippen LogP contribution is 2.41. The fourth-order valence-electron chi connectivity index (χ4n) is 3.04. The molecule has 1 amide bonds. The second-order valence-corrected chi connectivity index (χ2v) is 9.74. The van der Waals surface area contributed by atoms with Gasteiger partial charge in [0.1, 0.15) is 5.84 Å². The van der Waals surface area contributed by atoms with Crippen LogP contribution in [0.1, 0.15) is 24.6 Å². The van der Waals surface area contributed by atoms with E-state index >= 15 is 0 Å². The molecular formula is C18H20N2O3S2. The first-order valence-corrected chi connectivity index (χ1v) is 10.6. The van der Waals surface area contributed by atoms with Gasteiger partial charge in [0, 0.05) is 36.4 Å². The maximum Gasteiger partial charge on any atom is 0.228 e. The molecule has 2 aromatic rings. The monoisotopic (exact) mass is 376 g/mol. The number of likely N-dealkylation sites (tertiary alicyclic amines) is 1. The van der Waals surface area contributed by atoms with E-state index in [2.05, 4.69) is 0 Å². The summed E-state index contributed by atoms with van der Waals surface area (Å²) in [7, 11) is -1.62. The van der Waals surface area contributed by atoms with Gasteiger partial charge < -0.3 is 4.90 Å². The van der Waals surface area contributed by atoms with E-state index in [-0.39, 0.29) is 5.91 Å². The number of benzene rings is 1. The van der Waals surface area contributed by atoms with Gasteiger partial charge in [0.15, 0.2) is 9.84 Å². The Morgan fingerprint density at radius 3 is 2.56 bits per heavy atom. The van der Waals surface area contributed by atoms with Gasteiger partial charge in [-0.05, 0) is 34.7 Å². The molecular weight excluding hydrogens is 356 g/mol. The van der Waals surface area contributed by atoms with Crippen molar-refractivity contribution < 1.29 is 13.2 Å². The van der Waals surface area contributed by atoms with Crippen LogP contribution < -0.4 is 0 Å². The van der Waals surface area contributed by atoms with E-state index in [1.54, 1.807) is 36.6 Å². The van der Waals surface area contributed by atoms with Gasteiger partial charge >= 0.3 is 0 Å². The molecule has 5 nitrogen and oxygen atoms in total. The number of nitrogens with zero attached hydrogens (tertiary/aromatic N) is 1. The molecule has 0 aliphatic carbocycles. The minimum atomic E-state index is -3.25. The summed E-state index contributed by atoms with van der Waals surface area (Å²) in [6, 6.07) is 8.89. The quantitative estimate of drug-likeness (QED) is 0.893. The SMILES string of the molecule is CN1C(=N)C[C@](C)(c2cc(-c3cccc(S(C)(=O)=O)c3)cs2)CC1=O. The number of amides is 1. The molecule has 132 valence electrons. The highest BCUT2D eigenvalue weighted by molar-refractivity contribution is 7.90. The van der Waals surface area contributed by atoms with Gasteiger partial charge in [-0.15, -0.1) is 11.3 Å². The molecule has 25 heavy (non-hydrogen) atoms. The Morgan fingerprint density at radius 1 is 1.20 bits per heavy atom. The Bertz CT molecular complexity index is 942. The van der Waals surface area contributed by atoms with Crippen LogP contribution >= 0.6 is 11.3 Å². The molecule has 2 heterocycles. The van der Waals surface area contributed by atoms with E-state index in [1.807, 2.05) is 24.4 Å². The zero-order valence-corrected chi connectivity index (χ0v) is 16.0. The molecule has 1 aromatic carbocycles. The van der Waals surface area contributed by atoms with Gasteiger partial charge in [0.05, 0.1) is 4.90 Å². The Morgan fingerprint density at radius 2 is 1.92 bits per heavy atom. The fourth-order valence-corrected chi connectivity index (χ4v) is 4.79. The Kier molecular flexibility index (Phi) is 4.33. The lowest BCUT2D eigenvalue weighted by atomic mass is 9.78. The van der Waals surface area contributed by atoms with Crippen molar-refractivity contribution in [2.75, 3.05) is 13.3 Å². The summed E-state index contributed by atoms with van der Waals surface area (Å²) in [6.07, 6.45) is 2.08. The smallest absolute Gasteiger partial charge is 0.228 e.